The number of benzene rings is 1. The van der Waals surface area contributed by atoms with Gasteiger partial charge in [-0.3, -0.25) is 4.79 Å². The molecule has 0 atom stereocenters. The van der Waals surface area contributed by atoms with Crippen molar-refractivity contribution >= 4 is 11.6 Å². The van der Waals surface area contributed by atoms with Crippen LogP contribution in [0.4, 0.5) is 10.1 Å². The number of carbonyl (C=O) groups is 1. The van der Waals surface area contributed by atoms with E-state index in [0.717, 1.165) is 18.4 Å². The molecule has 1 amide bonds. The van der Waals surface area contributed by atoms with Crippen LogP contribution < -0.4 is 10.6 Å². The van der Waals surface area contributed by atoms with Gasteiger partial charge < -0.3 is 10.6 Å². The topological polar surface area (TPSA) is 41.1 Å². The van der Waals surface area contributed by atoms with Crippen molar-refractivity contribution in [2.24, 2.45) is 0 Å². The molecule has 2 N–H and O–H groups in total. The molecule has 1 aromatic rings. The molecule has 0 saturated heterocycles. The standard InChI is InChI=1S/C13H19FN2O/c1-3-4-8-15-12(17)9-16-13-10(2)6-5-7-11(13)14/h5-7,16H,3-4,8-9H2,1-2H3,(H,15,17). The van der Waals surface area contributed by atoms with E-state index in [9.17, 15) is 9.18 Å². The molecule has 1 aromatic carbocycles. The molecule has 0 unspecified atom stereocenters. The van der Waals surface area contributed by atoms with Gasteiger partial charge in [0, 0.05) is 6.54 Å². The zero-order chi connectivity index (χ0) is 12.7. The number of unbranched alkanes of at least 4 members (excludes halogenated alkanes) is 1. The van der Waals surface area contributed by atoms with E-state index in [4.69, 9.17) is 0 Å². The minimum atomic E-state index is -0.327. The lowest BCUT2D eigenvalue weighted by molar-refractivity contribution is -0.119. The molecule has 0 saturated carbocycles. The predicted molar refractivity (Wildman–Crippen MR) is 67.5 cm³/mol. The van der Waals surface area contributed by atoms with Crippen molar-refractivity contribution in [2.45, 2.75) is 26.7 Å². The van der Waals surface area contributed by atoms with Gasteiger partial charge in [-0.15, -0.1) is 0 Å². The summed E-state index contributed by atoms with van der Waals surface area (Å²) < 4.78 is 13.4. The molecule has 1 rings (SSSR count). The maximum absolute atomic E-state index is 13.4. The molecule has 94 valence electrons. The van der Waals surface area contributed by atoms with Crippen molar-refractivity contribution in [3.05, 3.63) is 29.6 Å². The minimum absolute atomic E-state index is 0.103. The first kappa shape index (κ1) is 13.5. The zero-order valence-electron chi connectivity index (χ0n) is 10.3. The first-order valence-electron chi connectivity index (χ1n) is 5.90. The van der Waals surface area contributed by atoms with Gasteiger partial charge in [-0.05, 0) is 25.0 Å². The summed E-state index contributed by atoms with van der Waals surface area (Å²) in [6.07, 6.45) is 2.00. The predicted octanol–water partition coefficient (Wildman–Crippen LogP) is 2.46. The van der Waals surface area contributed by atoms with E-state index in [1.54, 1.807) is 19.1 Å². The summed E-state index contributed by atoms with van der Waals surface area (Å²) in [6.45, 7) is 4.65. The number of rotatable bonds is 6. The fourth-order valence-electron chi connectivity index (χ4n) is 1.49. The van der Waals surface area contributed by atoms with E-state index >= 15 is 0 Å². The molecule has 17 heavy (non-hydrogen) atoms. The number of hydrogen-bond donors (Lipinski definition) is 2. The first-order valence-corrected chi connectivity index (χ1v) is 5.90. The van der Waals surface area contributed by atoms with Crippen molar-refractivity contribution in [1.29, 1.82) is 0 Å². The molecular weight excluding hydrogens is 219 g/mol. The molecule has 0 spiro atoms. The van der Waals surface area contributed by atoms with Gasteiger partial charge in [-0.2, -0.15) is 0 Å². The monoisotopic (exact) mass is 238 g/mol. The number of anilines is 1. The molecule has 3 nitrogen and oxygen atoms in total. The van der Waals surface area contributed by atoms with Crippen LogP contribution in [0, 0.1) is 12.7 Å². The van der Waals surface area contributed by atoms with Gasteiger partial charge in [0.1, 0.15) is 5.82 Å². The van der Waals surface area contributed by atoms with E-state index in [0.29, 0.717) is 12.2 Å². The molecule has 0 bridgehead atoms. The normalized spacial score (nSPS) is 10.1. The largest absolute Gasteiger partial charge is 0.374 e. The summed E-state index contributed by atoms with van der Waals surface area (Å²) in [5.41, 5.74) is 1.20. The Morgan fingerprint density at radius 3 is 2.82 bits per heavy atom. The molecule has 0 fully saturated rings. The summed E-state index contributed by atoms with van der Waals surface area (Å²) in [5.74, 6) is -0.438. The Labute approximate surface area is 101 Å². The second-order valence-electron chi connectivity index (χ2n) is 3.99. The Kier molecular flexibility index (Phi) is 5.46. The molecule has 0 heterocycles. The SMILES string of the molecule is CCCCNC(=O)CNc1c(C)cccc1F. The van der Waals surface area contributed by atoms with Gasteiger partial charge in [0.15, 0.2) is 0 Å². The highest BCUT2D eigenvalue weighted by Crippen LogP contribution is 2.17. The molecular formula is C13H19FN2O. The third-order valence-electron chi connectivity index (χ3n) is 2.50. The molecule has 0 aliphatic rings. The third kappa shape index (κ3) is 4.43. The number of hydrogen-bond acceptors (Lipinski definition) is 2. The zero-order valence-corrected chi connectivity index (χ0v) is 10.3. The lowest BCUT2D eigenvalue weighted by Gasteiger charge is -2.10. The van der Waals surface area contributed by atoms with Crippen molar-refractivity contribution in [3.63, 3.8) is 0 Å². The number of halogens is 1. The summed E-state index contributed by atoms with van der Waals surface area (Å²) in [7, 11) is 0. The van der Waals surface area contributed by atoms with Crippen molar-refractivity contribution in [2.75, 3.05) is 18.4 Å². The lowest BCUT2D eigenvalue weighted by Crippen LogP contribution is -2.30. The average molecular weight is 238 g/mol. The number of nitrogens with one attached hydrogen (secondary N) is 2. The molecule has 0 aromatic heterocycles. The van der Waals surface area contributed by atoms with Crippen molar-refractivity contribution in [1.82, 2.24) is 5.32 Å². The summed E-state index contributed by atoms with van der Waals surface area (Å²) in [5, 5.41) is 5.59. The summed E-state index contributed by atoms with van der Waals surface area (Å²) in [6, 6.07) is 4.84. The van der Waals surface area contributed by atoms with Gasteiger partial charge in [0.05, 0.1) is 12.2 Å². The van der Waals surface area contributed by atoms with Crippen molar-refractivity contribution < 1.29 is 9.18 Å². The smallest absolute Gasteiger partial charge is 0.239 e. The Morgan fingerprint density at radius 2 is 2.18 bits per heavy atom. The van der Waals surface area contributed by atoms with Gasteiger partial charge in [-0.25, -0.2) is 4.39 Å². The molecule has 0 radical (unpaired) electrons. The van der Waals surface area contributed by atoms with E-state index in [1.165, 1.54) is 6.07 Å². The average Bonchev–Trinajstić information content (AvgIpc) is 2.29. The van der Waals surface area contributed by atoms with Crippen LogP contribution in [0.15, 0.2) is 18.2 Å². The number of para-hydroxylation sites is 1. The second kappa shape index (κ2) is 6.89. The summed E-state index contributed by atoms with van der Waals surface area (Å²) in [4.78, 5) is 11.4. The maximum Gasteiger partial charge on any atom is 0.239 e. The molecule has 0 aliphatic heterocycles. The van der Waals surface area contributed by atoms with Crippen LogP contribution in [0.3, 0.4) is 0 Å². The van der Waals surface area contributed by atoms with E-state index in [1.807, 2.05) is 0 Å². The Balaban J connectivity index is 2.42. The summed E-state index contributed by atoms with van der Waals surface area (Å²) >= 11 is 0. The van der Waals surface area contributed by atoms with Crippen LogP contribution in [-0.2, 0) is 4.79 Å². The fourth-order valence-corrected chi connectivity index (χ4v) is 1.49. The van der Waals surface area contributed by atoms with Gasteiger partial charge in [0.2, 0.25) is 5.91 Å². The van der Waals surface area contributed by atoms with E-state index in [-0.39, 0.29) is 18.3 Å². The van der Waals surface area contributed by atoms with Gasteiger partial charge >= 0.3 is 0 Å². The van der Waals surface area contributed by atoms with Crippen LogP contribution >= 0.6 is 0 Å². The molecule has 4 heteroatoms. The maximum atomic E-state index is 13.4. The Morgan fingerprint density at radius 1 is 1.41 bits per heavy atom. The lowest BCUT2D eigenvalue weighted by atomic mass is 10.2. The highest BCUT2D eigenvalue weighted by Gasteiger charge is 2.06. The van der Waals surface area contributed by atoms with Crippen LogP contribution in [0.1, 0.15) is 25.3 Å². The first-order chi connectivity index (χ1) is 8.15. The van der Waals surface area contributed by atoms with E-state index in [2.05, 4.69) is 17.6 Å². The Bertz CT molecular complexity index is 359. The number of carbonyl (C=O) groups excluding carboxylic acids is 1. The van der Waals surface area contributed by atoms with Gasteiger partial charge in [-0.1, -0.05) is 25.5 Å². The second-order valence-corrected chi connectivity index (χ2v) is 3.99. The Hall–Kier alpha value is -1.58. The third-order valence-corrected chi connectivity index (χ3v) is 2.50. The highest BCUT2D eigenvalue weighted by atomic mass is 19.1. The fraction of sp³-hybridized carbons (Fsp3) is 0.462. The van der Waals surface area contributed by atoms with Crippen LogP contribution in [-0.4, -0.2) is 19.0 Å². The van der Waals surface area contributed by atoms with Crippen LogP contribution in [0.5, 0.6) is 0 Å². The molecule has 0 aliphatic carbocycles. The number of aryl methyl sites for hydroxylation is 1. The van der Waals surface area contributed by atoms with Crippen molar-refractivity contribution in [3.8, 4) is 0 Å². The highest BCUT2D eigenvalue weighted by molar-refractivity contribution is 5.80. The quantitative estimate of drug-likeness (QED) is 0.747. The number of amides is 1. The van der Waals surface area contributed by atoms with Crippen LogP contribution in [0.2, 0.25) is 0 Å². The van der Waals surface area contributed by atoms with Gasteiger partial charge in [0.25, 0.3) is 0 Å². The minimum Gasteiger partial charge on any atom is -0.374 e. The van der Waals surface area contributed by atoms with E-state index < -0.39 is 0 Å². The van der Waals surface area contributed by atoms with Crippen LogP contribution in [0.25, 0.3) is 0 Å².